The zero-order chi connectivity index (χ0) is 23.3. The van der Waals surface area contributed by atoms with Gasteiger partial charge in [-0.25, -0.2) is 0 Å². The highest BCUT2D eigenvalue weighted by atomic mass is 29.3. The summed E-state index contributed by atoms with van der Waals surface area (Å²) in [7, 11) is -6.63. The molecule has 1 rings (SSSR count). The van der Waals surface area contributed by atoms with E-state index in [2.05, 4.69) is 0 Å². The average molecular weight is 467 g/mol. The van der Waals surface area contributed by atoms with Crippen molar-refractivity contribution in [1.29, 1.82) is 0 Å². The highest BCUT2D eigenvalue weighted by Crippen LogP contribution is 2.45. The summed E-state index contributed by atoms with van der Waals surface area (Å²) in [5.74, 6) is -1.25. The molecule has 9 heteroatoms. The van der Waals surface area contributed by atoms with Gasteiger partial charge in [0, 0.05) is 36.9 Å². The lowest BCUT2D eigenvalue weighted by atomic mass is 10.3. The van der Waals surface area contributed by atoms with Crippen LogP contribution in [0.15, 0.2) is 0 Å². The smallest absolute Gasteiger partial charge is 0.389 e. The molecule has 0 spiro atoms. The summed E-state index contributed by atoms with van der Waals surface area (Å²) in [4.78, 5) is 0. The van der Waals surface area contributed by atoms with Gasteiger partial charge in [-0.1, -0.05) is 0 Å². The number of rotatable bonds is 12. The fourth-order valence-corrected chi connectivity index (χ4v) is 16.2. The van der Waals surface area contributed by atoms with Crippen molar-refractivity contribution in [2.75, 3.05) is 0 Å². The van der Waals surface area contributed by atoms with Crippen LogP contribution < -0.4 is 0 Å². The largest absolute Gasteiger partial charge is 0.543 e. The second-order valence-corrected chi connectivity index (χ2v) is 18.0. The van der Waals surface area contributed by atoms with Crippen LogP contribution in [0.4, 0.5) is 0 Å². The average Bonchev–Trinajstić information content (AvgIpc) is 2.47. The first-order chi connectivity index (χ1) is 13.7. The summed E-state index contributed by atoms with van der Waals surface area (Å²) in [6.45, 7) is 23.9. The van der Waals surface area contributed by atoms with Gasteiger partial charge in [0.2, 0.25) is 0 Å². The molecule has 0 saturated carbocycles. The Morgan fingerprint density at radius 1 is 0.567 bits per heavy atom. The molecule has 0 aromatic carbocycles. The van der Waals surface area contributed by atoms with Crippen LogP contribution >= 0.6 is 0 Å². The molecule has 0 amide bonds. The van der Waals surface area contributed by atoms with Gasteiger partial charge < -0.3 is 31.6 Å². The van der Waals surface area contributed by atoms with Gasteiger partial charge in [-0.2, -0.15) is 0 Å². The first-order valence-electron chi connectivity index (χ1n) is 11.4. The number of ether oxygens (including phenoxy) is 2. The van der Waals surface area contributed by atoms with Crippen molar-refractivity contribution in [1.82, 2.24) is 0 Å². The Morgan fingerprint density at radius 3 is 1.23 bits per heavy atom. The summed E-state index contributed by atoms with van der Waals surface area (Å²) in [5, 5.41) is 0. The summed E-state index contributed by atoms with van der Waals surface area (Å²) in [5.41, 5.74) is 0. The summed E-state index contributed by atoms with van der Waals surface area (Å²) >= 11 is 0. The molecule has 0 aromatic heterocycles. The highest BCUT2D eigenvalue weighted by Gasteiger charge is 2.76. The Morgan fingerprint density at radius 2 is 0.933 bits per heavy atom. The molecule has 0 unspecified atom stereocenters. The van der Waals surface area contributed by atoms with E-state index in [1.54, 1.807) is 0 Å². The van der Waals surface area contributed by atoms with Crippen LogP contribution in [0.3, 0.4) is 0 Å². The number of hydrogen-bond donors (Lipinski definition) is 0. The number of hydrogen-bond acceptors (Lipinski definition) is 7. The molecule has 0 aromatic rings. The van der Waals surface area contributed by atoms with Crippen molar-refractivity contribution in [2.24, 2.45) is 0 Å². The van der Waals surface area contributed by atoms with Gasteiger partial charge in [0.25, 0.3) is 5.97 Å². The minimum atomic E-state index is -3.54. The Kier molecular flexibility index (Phi) is 10.6. The van der Waals surface area contributed by atoms with Crippen molar-refractivity contribution in [3.05, 3.63) is 0 Å². The van der Waals surface area contributed by atoms with Crippen LogP contribution in [0.1, 0.15) is 89.5 Å². The summed E-state index contributed by atoms with van der Waals surface area (Å²) in [6.07, 6.45) is -0.0824. The lowest BCUT2D eigenvalue weighted by Crippen LogP contribution is -2.79. The molecule has 7 nitrogen and oxygen atoms in total. The molecule has 0 radical (unpaired) electrons. The van der Waals surface area contributed by atoms with Crippen molar-refractivity contribution in [3.8, 4) is 0 Å². The third kappa shape index (κ3) is 7.63. The molecular weight excluding hydrogens is 420 g/mol. The zero-order valence-corrected chi connectivity index (χ0v) is 23.2. The maximum Gasteiger partial charge on any atom is 0.543 e. The van der Waals surface area contributed by atoms with Crippen LogP contribution in [0, 0.1) is 0 Å². The van der Waals surface area contributed by atoms with Crippen LogP contribution in [0.5, 0.6) is 0 Å². The van der Waals surface area contributed by atoms with E-state index in [0.29, 0.717) is 12.5 Å². The Hall–Kier alpha value is 0.154. The standard InChI is InChI=1S/C21H46O7Si2/c1-15(2)22-21(23-16(3)4)13-14-29(24-17(5)6,25-18(7)8)30(28-21,26-19(9)10)27-20(11)12/h15-20H,13-14H2,1-12H3. The second kappa shape index (κ2) is 11.3. The van der Waals surface area contributed by atoms with E-state index >= 15 is 0 Å². The topological polar surface area (TPSA) is 64.6 Å². The Labute approximate surface area is 186 Å². The van der Waals surface area contributed by atoms with Gasteiger partial charge in [-0.05, 0) is 83.1 Å². The zero-order valence-electron chi connectivity index (χ0n) is 21.2. The third-order valence-electron chi connectivity index (χ3n) is 3.98. The van der Waals surface area contributed by atoms with Gasteiger partial charge in [-0.3, -0.25) is 0 Å². The van der Waals surface area contributed by atoms with Gasteiger partial charge in [0.05, 0.1) is 12.2 Å². The van der Waals surface area contributed by atoms with E-state index in [4.69, 9.17) is 31.6 Å². The molecule has 180 valence electrons. The van der Waals surface area contributed by atoms with Gasteiger partial charge in [0.15, 0.2) is 0 Å². The molecule has 0 aliphatic carbocycles. The molecule has 1 saturated heterocycles. The molecule has 1 aliphatic heterocycles. The van der Waals surface area contributed by atoms with Crippen LogP contribution in [-0.4, -0.2) is 59.0 Å². The van der Waals surface area contributed by atoms with E-state index in [1.165, 1.54) is 0 Å². The van der Waals surface area contributed by atoms with Crippen LogP contribution in [-0.2, 0) is 31.6 Å². The normalized spacial score (nSPS) is 21.0. The van der Waals surface area contributed by atoms with Crippen molar-refractivity contribution < 1.29 is 31.6 Å². The molecule has 1 aliphatic rings. The van der Waals surface area contributed by atoms with Crippen LogP contribution in [0.2, 0.25) is 6.04 Å². The summed E-state index contributed by atoms with van der Waals surface area (Å²) in [6, 6.07) is 0.606. The molecule has 1 fully saturated rings. The van der Waals surface area contributed by atoms with Gasteiger partial charge in [0.1, 0.15) is 0 Å². The maximum atomic E-state index is 6.78. The molecule has 0 bridgehead atoms. The Bertz CT molecular complexity index is 480. The van der Waals surface area contributed by atoms with E-state index in [1.807, 2.05) is 83.1 Å². The second-order valence-electron chi connectivity index (χ2n) is 9.59. The summed E-state index contributed by atoms with van der Waals surface area (Å²) < 4.78 is 45.6. The first kappa shape index (κ1) is 28.2. The van der Waals surface area contributed by atoms with Crippen molar-refractivity contribution >= 4 is 16.4 Å². The lowest BCUT2D eigenvalue weighted by Gasteiger charge is -2.53. The minimum Gasteiger partial charge on any atom is -0.389 e. The van der Waals surface area contributed by atoms with E-state index in [9.17, 15) is 0 Å². The highest BCUT2D eigenvalue weighted by molar-refractivity contribution is 7.29. The van der Waals surface area contributed by atoms with Gasteiger partial charge >= 0.3 is 16.4 Å². The van der Waals surface area contributed by atoms with Gasteiger partial charge in [-0.15, -0.1) is 0 Å². The first-order valence-corrected chi connectivity index (χ1v) is 16.2. The molecule has 1 heterocycles. The molecular formula is C21H46O7Si2. The predicted octanol–water partition coefficient (Wildman–Crippen LogP) is 5.07. The van der Waals surface area contributed by atoms with E-state index in [-0.39, 0.29) is 36.6 Å². The van der Waals surface area contributed by atoms with E-state index in [0.717, 1.165) is 0 Å². The van der Waals surface area contributed by atoms with E-state index < -0.39 is 22.4 Å². The predicted molar refractivity (Wildman–Crippen MR) is 122 cm³/mol. The fraction of sp³-hybridized carbons (Fsp3) is 1.00. The SMILES string of the molecule is CC(C)OC1(OC(C)C)CC[Si](OC(C)C)(OC(C)C)[Si](OC(C)C)(OC(C)C)O1. The van der Waals surface area contributed by atoms with Crippen LogP contribution in [0.25, 0.3) is 0 Å². The minimum absolute atomic E-state index is 0.0537. The molecule has 0 atom stereocenters. The van der Waals surface area contributed by atoms with Crippen molar-refractivity contribution in [3.63, 3.8) is 0 Å². The third-order valence-corrected chi connectivity index (χ3v) is 14.9. The maximum absolute atomic E-state index is 6.78. The Balaban J connectivity index is 3.64. The monoisotopic (exact) mass is 466 g/mol. The lowest BCUT2D eigenvalue weighted by molar-refractivity contribution is -0.384. The fourth-order valence-electron chi connectivity index (χ4n) is 3.64. The molecule has 30 heavy (non-hydrogen) atoms. The van der Waals surface area contributed by atoms with Crippen molar-refractivity contribution in [2.45, 2.75) is 138 Å². The quantitative estimate of drug-likeness (QED) is 0.294. The molecule has 0 N–H and O–H groups in total.